The van der Waals surface area contributed by atoms with Crippen molar-refractivity contribution in [3.8, 4) is 0 Å². The molecule has 1 nitrogen and oxygen atoms in total. The number of ether oxygens (including phenoxy) is 1. The van der Waals surface area contributed by atoms with E-state index in [1.165, 1.54) is 24.0 Å². The summed E-state index contributed by atoms with van der Waals surface area (Å²) in [6.07, 6.45) is 3.60. The smallest absolute Gasteiger partial charge is 0.316 e. The summed E-state index contributed by atoms with van der Waals surface area (Å²) >= 11 is 0. The maximum Gasteiger partial charge on any atom is 0.359 e. The highest BCUT2D eigenvalue weighted by atomic mass is 19.3. The van der Waals surface area contributed by atoms with E-state index in [0.717, 1.165) is 24.8 Å². The van der Waals surface area contributed by atoms with E-state index in [1.807, 2.05) is 0 Å². The lowest BCUT2D eigenvalue weighted by atomic mass is 10.0. The van der Waals surface area contributed by atoms with Gasteiger partial charge in [-0.1, -0.05) is 43.7 Å². The first kappa shape index (κ1) is 15.2. The highest BCUT2D eigenvalue weighted by Gasteiger charge is 2.31. The lowest BCUT2D eigenvalue weighted by molar-refractivity contribution is -0.235. The number of halogens is 2. The molecule has 0 spiro atoms. The molecule has 1 aliphatic rings. The SMILES string of the molecule is CCCCc1ccc(CCC2=CCC(F)(F)OC2)cc1. The number of hydrogen-bond acceptors (Lipinski definition) is 1. The zero-order valence-electron chi connectivity index (χ0n) is 12.0. The van der Waals surface area contributed by atoms with Crippen LogP contribution in [0.5, 0.6) is 0 Å². The summed E-state index contributed by atoms with van der Waals surface area (Å²) < 4.78 is 30.2. The minimum absolute atomic E-state index is 0.0571. The van der Waals surface area contributed by atoms with Crippen molar-refractivity contribution in [1.29, 1.82) is 0 Å². The van der Waals surface area contributed by atoms with Crippen molar-refractivity contribution in [2.75, 3.05) is 6.61 Å². The molecule has 0 bridgehead atoms. The minimum Gasteiger partial charge on any atom is -0.316 e. The predicted molar refractivity (Wildman–Crippen MR) is 77.0 cm³/mol. The molecule has 0 aliphatic carbocycles. The van der Waals surface area contributed by atoms with Gasteiger partial charge >= 0.3 is 6.11 Å². The Morgan fingerprint density at radius 2 is 1.70 bits per heavy atom. The van der Waals surface area contributed by atoms with E-state index < -0.39 is 6.11 Å². The molecule has 110 valence electrons. The Balaban J connectivity index is 1.81. The molecular weight excluding hydrogens is 258 g/mol. The minimum atomic E-state index is -2.97. The Kier molecular flexibility index (Phi) is 5.30. The molecule has 1 heterocycles. The maximum atomic E-state index is 12.8. The van der Waals surface area contributed by atoms with Gasteiger partial charge in [0.05, 0.1) is 13.0 Å². The fraction of sp³-hybridized carbons (Fsp3) is 0.529. The van der Waals surface area contributed by atoms with E-state index in [2.05, 4.69) is 35.9 Å². The van der Waals surface area contributed by atoms with Crippen molar-refractivity contribution in [3.05, 3.63) is 47.0 Å². The van der Waals surface area contributed by atoms with E-state index in [9.17, 15) is 8.78 Å². The summed E-state index contributed by atoms with van der Waals surface area (Å²) in [4.78, 5) is 0. The molecular formula is C17H22F2O. The van der Waals surface area contributed by atoms with E-state index >= 15 is 0 Å². The molecule has 1 aliphatic heterocycles. The van der Waals surface area contributed by atoms with E-state index in [0.29, 0.717) is 0 Å². The molecule has 1 aromatic rings. The molecule has 0 saturated carbocycles. The molecule has 20 heavy (non-hydrogen) atoms. The van der Waals surface area contributed by atoms with Crippen molar-refractivity contribution in [3.63, 3.8) is 0 Å². The first-order valence-electron chi connectivity index (χ1n) is 7.36. The predicted octanol–water partition coefficient (Wildman–Crippen LogP) is 4.90. The van der Waals surface area contributed by atoms with Gasteiger partial charge in [-0.3, -0.25) is 0 Å². The van der Waals surface area contributed by atoms with Crippen LogP contribution in [0.15, 0.2) is 35.9 Å². The number of alkyl halides is 2. The van der Waals surface area contributed by atoms with Crippen molar-refractivity contribution in [2.45, 2.75) is 51.6 Å². The Hall–Kier alpha value is -1.22. The molecule has 1 aromatic carbocycles. The van der Waals surface area contributed by atoms with Gasteiger partial charge in [-0.05, 0) is 42.4 Å². The van der Waals surface area contributed by atoms with E-state index in [4.69, 9.17) is 0 Å². The summed E-state index contributed by atoms with van der Waals surface area (Å²) in [6, 6.07) is 8.63. The van der Waals surface area contributed by atoms with Crippen LogP contribution in [-0.4, -0.2) is 12.7 Å². The zero-order chi connectivity index (χ0) is 14.4. The molecule has 0 radical (unpaired) electrons. The standard InChI is InChI=1S/C17H22F2O/c1-2-3-4-14-5-7-15(8-6-14)9-10-16-11-12-17(18,19)20-13-16/h5-8,11H,2-4,9-10,12-13H2,1H3. The fourth-order valence-electron chi connectivity index (χ4n) is 2.31. The topological polar surface area (TPSA) is 9.23 Å². The molecule has 0 fully saturated rings. The molecule has 0 N–H and O–H groups in total. The fourth-order valence-corrected chi connectivity index (χ4v) is 2.31. The third kappa shape index (κ3) is 4.71. The van der Waals surface area contributed by atoms with Crippen molar-refractivity contribution in [2.24, 2.45) is 0 Å². The quantitative estimate of drug-likeness (QED) is 0.673. The summed E-state index contributed by atoms with van der Waals surface area (Å²) in [5, 5.41) is 0. The average molecular weight is 280 g/mol. The number of hydrogen-bond donors (Lipinski definition) is 0. The largest absolute Gasteiger partial charge is 0.359 e. The molecule has 0 unspecified atom stereocenters. The number of benzene rings is 1. The van der Waals surface area contributed by atoms with Gasteiger partial charge in [-0.15, -0.1) is 0 Å². The number of rotatable bonds is 6. The lowest BCUT2D eigenvalue weighted by Gasteiger charge is -2.22. The number of aryl methyl sites for hydroxylation is 2. The van der Waals surface area contributed by atoms with Gasteiger partial charge in [0.15, 0.2) is 0 Å². The van der Waals surface area contributed by atoms with E-state index in [1.54, 1.807) is 6.08 Å². The Bertz CT molecular complexity index is 449. The zero-order valence-corrected chi connectivity index (χ0v) is 12.0. The van der Waals surface area contributed by atoms with E-state index in [-0.39, 0.29) is 13.0 Å². The van der Waals surface area contributed by atoms with Crippen LogP contribution in [0.1, 0.15) is 43.7 Å². The molecule has 3 heteroatoms. The summed E-state index contributed by atoms with van der Waals surface area (Å²) in [7, 11) is 0. The van der Waals surface area contributed by atoms with Crippen molar-refractivity contribution < 1.29 is 13.5 Å². The highest BCUT2D eigenvalue weighted by Crippen LogP contribution is 2.28. The van der Waals surface area contributed by atoms with Crippen LogP contribution in [0.2, 0.25) is 0 Å². The van der Waals surface area contributed by atoms with Crippen LogP contribution in [0.4, 0.5) is 8.78 Å². The van der Waals surface area contributed by atoms with Gasteiger partial charge in [0.2, 0.25) is 0 Å². The molecule has 0 atom stereocenters. The second kappa shape index (κ2) is 6.98. The molecule has 0 amide bonds. The van der Waals surface area contributed by atoms with Gasteiger partial charge in [0.25, 0.3) is 0 Å². The molecule has 2 rings (SSSR count). The first-order valence-corrected chi connectivity index (χ1v) is 7.36. The van der Waals surface area contributed by atoms with Gasteiger partial charge in [0.1, 0.15) is 0 Å². The Labute approximate surface area is 119 Å². The van der Waals surface area contributed by atoms with Gasteiger partial charge in [-0.2, -0.15) is 8.78 Å². The van der Waals surface area contributed by atoms with Gasteiger partial charge in [0, 0.05) is 0 Å². The van der Waals surface area contributed by atoms with Crippen LogP contribution < -0.4 is 0 Å². The highest BCUT2D eigenvalue weighted by molar-refractivity contribution is 5.23. The second-order valence-electron chi connectivity index (χ2n) is 5.41. The maximum absolute atomic E-state index is 12.8. The normalized spacial score (nSPS) is 17.9. The summed E-state index contributed by atoms with van der Waals surface area (Å²) in [5.41, 5.74) is 3.60. The third-order valence-corrected chi connectivity index (χ3v) is 3.67. The van der Waals surface area contributed by atoms with Crippen molar-refractivity contribution >= 4 is 0 Å². The monoisotopic (exact) mass is 280 g/mol. The van der Waals surface area contributed by atoms with Gasteiger partial charge in [-0.25, -0.2) is 0 Å². The lowest BCUT2D eigenvalue weighted by Crippen LogP contribution is -2.25. The van der Waals surface area contributed by atoms with Crippen LogP contribution in [0.25, 0.3) is 0 Å². The van der Waals surface area contributed by atoms with Crippen molar-refractivity contribution in [1.82, 2.24) is 0 Å². The molecule has 0 saturated heterocycles. The van der Waals surface area contributed by atoms with Gasteiger partial charge < -0.3 is 4.74 Å². The average Bonchev–Trinajstić information content (AvgIpc) is 2.45. The summed E-state index contributed by atoms with van der Waals surface area (Å²) in [5.74, 6) is 0. The number of unbranched alkanes of at least 4 members (excludes halogenated alkanes) is 1. The Morgan fingerprint density at radius 3 is 2.25 bits per heavy atom. The molecule has 0 aromatic heterocycles. The van der Waals surface area contributed by atoms with Crippen LogP contribution in [0.3, 0.4) is 0 Å². The third-order valence-electron chi connectivity index (χ3n) is 3.67. The second-order valence-corrected chi connectivity index (χ2v) is 5.41. The van der Waals surface area contributed by atoms with Crippen LogP contribution >= 0.6 is 0 Å². The summed E-state index contributed by atoms with van der Waals surface area (Å²) in [6.45, 7) is 2.25. The van der Waals surface area contributed by atoms with Crippen LogP contribution in [-0.2, 0) is 17.6 Å². The van der Waals surface area contributed by atoms with Crippen LogP contribution in [0, 0.1) is 0 Å². The first-order chi connectivity index (χ1) is 9.59. The Morgan fingerprint density at radius 1 is 1.05 bits per heavy atom.